The standard InChI is InChI=1S/C20H21N3O2/c1-14-5-6-19(22-13-14)25-15-8-11-23(12-9-15)20(24)17-3-2-4-18-16(17)7-10-21-18/h2-7,10,13,15,21H,8-9,11-12H2,1H3. The fraction of sp³-hybridized carbons (Fsp3) is 0.300. The monoisotopic (exact) mass is 335 g/mol. The number of nitrogens with zero attached hydrogens (tertiary/aromatic N) is 2. The average molecular weight is 335 g/mol. The fourth-order valence-electron chi connectivity index (χ4n) is 3.31. The number of carbonyl (C=O) groups is 1. The number of hydrogen-bond acceptors (Lipinski definition) is 3. The third kappa shape index (κ3) is 3.22. The molecular weight excluding hydrogens is 314 g/mol. The van der Waals surface area contributed by atoms with Crippen molar-refractivity contribution in [3.63, 3.8) is 0 Å². The van der Waals surface area contributed by atoms with E-state index < -0.39 is 0 Å². The number of amides is 1. The summed E-state index contributed by atoms with van der Waals surface area (Å²) >= 11 is 0. The molecule has 3 heterocycles. The van der Waals surface area contributed by atoms with Gasteiger partial charge in [0.2, 0.25) is 5.88 Å². The van der Waals surface area contributed by atoms with Crippen molar-refractivity contribution in [2.24, 2.45) is 0 Å². The van der Waals surface area contributed by atoms with Crippen molar-refractivity contribution in [1.82, 2.24) is 14.9 Å². The highest BCUT2D eigenvalue weighted by molar-refractivity contribution is 6.06. The van der Waals surface area contributed by atoms with Crippen LogP contribution in [-0.4, -0.2) is 40.0 Å². The zero-order chi connectivity index (χ0) is 17.2. The molecule has 0 spiro atoms. The zero-order valence-electron chi connectivity index (χ0n) is 14.2. The highest BCUT2D eigenvalue weighted by atomic mass is 16.5. The van der Waals surface area contributed by atoms with Gasteiger partial charge in [-0.1, -0.05) is 12.1 Å². The molecule has 0 atom stereocenters. The summed E-state index contributed by atoms with van der Waals surface area (Å²) in [6.45, 7) is 3.41. The van der Waals surface area contributed by atoms with E-state index in [9.17, 15) is 4.79 Å². The van der Waals surface area contributed by atoms with Gasteiger partial charge in [0.1, 0.15) is 6.10 Å². The highest BCUT2D eigenvalue weighted by Crippen LogP contribution is 2.22. The van der Waals surface area contributed by atoms with Crippen LogP contribution >= 0.6 is 0 Å². The van der Waals surface area contributed by atoms with E-state index in [2.05, 4.69) is 9.97 Å². The van der Waals surface area contributed by atoms with E-state index in [-0.39, 0.29) is 12.0 Å². The topological polar surface area (TPSA) is 58.2 Å². The fourth-order valence-corrected chi connectivity index (χ4v) is 3.31. The molecule has 0 saturated carbocycles. The first-order valence-corrected chi connectivity index (χ1v) is 8.65. The Hall–Kier alpha value is -2.82. The van der Waals surface area contributed by atoms with Crippen LogP contribution in [0.25, 0.3) is 10.9 Å². The molecule has 0 radical (unpaired) electrons. The molecule has 4 rings (SSSR count). The van der Waals surface area contributed by atoms with Crippen LogP contribution in [-0.2, 0) is 0 Å². The van der Waals surface area contributed by atoms with E-state index in [4.69, 9.17) is 4.74 Å². The molecular formula is C20H21N3O2. The minimum atomic E-state index is 0.0945. The number of benzene rings is 1. The lowest BCUT2D eigenvalue weighted by atomic mass is 10.0. The summed E-state index contributed by atoms with van der Waals surface area (Å²) in [5, 5.41) is 0.981. The van der Waals surface area contributed by atoms with Crippen LogP contribution in [0.4, 0.5) is 0 Å². The lowest BCUT2D eigenvalue weighted by Crippen LogP contribution is -2.41. The number of hydrogen-bond donors (Lipinski definition) is 1. The minimum Gasteiger partial charge on any atom is -0.474 e. The summed E-state index contributed by atoms with van der Waals surface area (Å²) in [6.07, 6.45) is 5.44. The van der Waals surface area contributed by atoms with Crippen LogP contribution in [0.2, 0.25) is 0 Å². The van der Waals surface area contributed by atoms with Crippen LogP contribution in [0, 0.1) is 6.92 Å². The van der Waals surface area contributed by atoms with E-state index in [0.29, 0.717) is 19.0 Å². The molecule has 3 aromatic rings. The maximum atomic E-state index is 12.9. The Morgan fingerprint density at radius 1 is 1.20 bits per heavy atom. The molecule has 5 heteroatoms. The third-order valence-corrected chi connectivity index (χ3v) is 4.73. The molecule has 0 bridgehead atoms. The summed E-state index contributed by atoms with van der Waals surface area (Å²) in [4.78, 5) is 22.2. The molecule has 0 aliphatic carbocycles. The van der Waals surface area contributed by atoms with E-state index in [0.717, 1.165) is 34.9 Å². The third-order valence-electron chi connectivity index (χ3n) is 4.73. The van der Waals surface area contributed by atoms with Gasteiger partial charge in [-0.05, 0) is 30.7 Å². The molecule has 1 aliphatic heterocycles. The van der Waals surface area contributed by atoms with Crippen LogP contribution in [0.15, 0.2) is 48.8 Å². The van der Waals surface area contributed by atoms with Gasteiger partial charge in [-0.25, -0.2) is 4.98 Å². The second-order valence-electron chi connectivity index (χ2n) is 6.53. The maximum Gasteiger partial charge on any atom is 0.254 e. The molecule has 25 heavy (non-hydrogen) atoms. The second-order valence-corrected chi connectivity index (χ2v) is 6.53. The Balaban J connectivity index is 1.40. The van der Waals surface area contributed by atoms with Crippen molar-refractivity contribution >= 4 is 16.8 Å². The molecule has 1 amide bonds. The van der Waals surface area contributed by atoms with E-state index >= 15 is 0 Å². The van der Waals surface area contributed by atoms with Gasteiger partial charge >= 0.3 is 0 Å². The number of piperidine rings is 1. The summed E-state index contributed by atoms with van der Waals surface area (Å²) in [6, 6.07) is 11.7. The molecule has 1 fully saturated rings. The number of aromatic amines is 1. The van der Waals surface area contributed by atoms with Gasteiger partial charge in [-0.2, -0.15) is 0 Å². The first kappa shape index (κ1) is 15.7. The van der Waals surface area contributed by atoms with E-state index in [1.807, 2.05) is 60.6 Å². The van der Waals surface area contributed by atoms with Crippen LogP contribution in [0.1, 0.15) is 28.8 Å². The Labute approximate surface area is 146 Å². The summed E-state index contributed by atoms with van der Waals surface area (Å²) in [5.41, 5.74) is 2.87. The number of fused-ring (bicyclic) bond motifs is 1. The van der Waals surface area contributed by atoms with Crippen LogP contribution in [0.3, 0.4) is 0 Å². The van der Waals surface area contributed by atoms with Crippen molar-refractivity contribution in [1.29, 1.82) is 0 Å². The van der Waals surface area contributed by atoms with Gasteiger partial charge < -0.3 is 14.6 Å². The Kier molecular flexibility index (Phi) is 4.14. The predicted octanol–water partition coefficient (Wildman–Crippen LogP) is 3.55. The van der Waals surface area contributed by atoms with Crippen molar-refractivity contribution in [3.8, 4) is 5.88 Å². The first-order chi connectivity index (χ1) is 12.2. The molecule has 2 aromatic heterocycles. The van der Waals surface area contributed by atoms with E-state index in [1.165, 1.54) is 0 Å². The quantitative estimate of drug-likeness (QED) is 0.796. The lowest BCUT2D eigenvalue weighted by molar-refractivity contribution is 0.0589. The van der Waals surface area contributed by atoms with Gasteiger partial charge in [0.05, 0.1) is 0 Å². The number of rotatable bonds is 3. The number of aryl methyl sites for hydroxylation is 1. The number of carbonyl (C=O) groups excluding carboxylic acids is 1. The van der Waals surface area contributed by atoms with Gasteiger partial charge in [0.15, 0.2) is 0 Å². The zero-order valence-corrected chi connectivity index (χ0v) is 14.2. The number of likely N-dealkylation sites (tertiary alicyclic amines) is 1. The highest BCUT2D eigenvalue weighted by Gasteiger charge is 2.25. The largest absolute Gasteiger partial charge is 0.474 e. The molecule has 1 aliphatic rings. The van der Waals surface area contributed by atoms with E-state index in [1.54, 1.807) is 0 Å². The predicted molar refractivity (Wildman–Crippen MR) is 96.8 cm³/mol. The second kappa shape index (κ2) is 6.59. The number of pyridine rings is 1. The molecule has 1 saturated heterocycles. The first-order valence-electron chi connectivity index (χ1n) is 8.65. The van der Waals surface area contributed by atoms with Gasteiger partial charge in [-0.15, -0.1) is 0 Å². The Morgan fingerprint density at radius 3 is 2.80 bits per heavy atom. The maximum absolute atomic E-state index is 12.9. The van der Waals surface area contributed by atoms with Crippen molar-refractivity contribution in [3.05, 3.63) is 59.9 Å². The van der Waals surface area contributed by atoms with Crippen LogP contribution in [0.5, 0.6) is 5.88 Å². The Morgan fingerprint density at radius 2 is 2.04 bits per heavy atom. The number of aromatic nitrogens is 2. The molecule has 0 unspecified atom stereocenters. The van der Waals surface area contributed by atoms with Crippen molar-refractivity contribution < 1.29 is 9.53 Å². The SMILES string of the molecule is Cc1ccc(OC2CCN(C(=O)c3cccc4[nH]ccc34)CC2)nc1. The normalized spacial score (nSPS) is 15.5. The lowest BCUT2D eigenvalue weighted by Gasteiger charge is -2.32. The molecule has 5 nitrogen and oxygen atoms in total. The van der Waals surface area contributed by atoms with Gasteiger partial charge in [-0.3, -0.25) is 4.79 Å². The van der Waals surface area contributed by atoms with Gasteiger partial charge in [0, 0.05) is 60.9 Å². The Bertz CT molecular complexity index is 877. The summed E-state index contributed by atoms with van der Waals surface area (Å²) in [7, 11) is 0. The number of H-pyrrole nitrogens is 1. The molecule has 1 aromatic carbocycles. The number of ether oxygens (including phenoxy) is 1. The average Bonchev–Trinajstić information content (AvgIpc) is 3.12. The molecule has 1 N–H and O–H groups in total. The van der Waals surface area contributed by atoms with Crippen LogP contribution < -0.4 is 4.74 Å². The summed E-state index contributed by atoms with van der Waals surface area (Å²) < 4.78 is 5.95. The van der Waals surface area contributed by atoms with Crippen molar-refractivity contribution in [2.45, 2.75) is 25.9 Å². The summed E-state index contributed by atoms with van der Waals surface area (Å²) in [5.74, 6) is 0.754. The molecule has 128 valence electrons. The number of nitrogens with one attached hydrogen (secondary N) is 1. The van der Waals surface area contributed by atoms with Crippen molar-refractivity contribution in [2.75, 3.05) is 13.1 Å². The smallest absolute Gasteiger partial charge is 0.254 e. The minimum absolute atomic E-state index is 0.0945. The van der Waals surface area contributed by atoms with Gasteiger partial charge in [0.25, 0.3) is 5.91 Å².